The Hall–Kier alpha value is -1.63. The molecule has 0 amide bonds. The molecule has 6 nitrogen and oxygen atoms in total. The maximum atomic E-state index is 12.6. The first-order valence-electron chi connectivity index (χ1n) is 8.93. The Labute approximate surface area is 154 Å². The van der Waals surface area contributed by atoms with Gasteiger partial charge in [-0.25, -0.2) is 0 Å². The van der Waals surface area contributed by atoms with Crippen LogP contribution in [0.3, 0.4) is 0 Å². The van der Waals surface area contributed by atoms with Crippen molar-refractivity contribution in [1.29, 1.82) is 0 Å². The summed E-state index contributed by atoms with van der Waals surface area (Å²) in [6.45, 7) is 4.25. The largest absolute Gasteiger partial charge is 0.496 e. The van der Waals surface area contributed by atoms with Crippen LogP contribution in [0.2, 0.25) is 0 Å². The van der Waals surface area contributed by atoms with Gasteiger partial charge in [-0.05, 0) is 42.4 Å². The molecule has 1 saturated carbocycles. The van der Waals surface area contributed by atoms with Gasteiger partial charge in [-0.3, -0.25) is 4.79 Å². The van der Waals surface area contributed by atoms with E-state index in [-0.39, 0.29) is 18.8 Å². The number of aliphatic hydroxyl groups is 1. The molecule has 1 aromatic rings. The highest BCUT2D eigenvalue weighted by molar-refractivity contribution is 5.76. The number of aryl methyl sites for hydroxylation is 1. The fourth-order valence-corrected chi connectivity index (χ4v) is 5.03. The van der Waals surface area contributed by atoms with Gasteiger partial charge < -0.3 is 24.1 Å². The lowest BCUT2D eigenvalue weighted by Crippen LogP contribution is -2.46. The van der Waals surface area contributed by atoms with E-state index in [9.17, 15) is 9.90 Å². The van der Waals surface area contributed by atoms with Gasteiger partial charge in [0, 0.05) is 18.6 Å². The van der Waals surface area contributed by atoms with Crippen LogP contribution in [0.25, 0.3) is 0 Å². The first-order chi connectivity index (χ1) is 12.4. The number of fused-ring (bicyclic) bond motifs is 3. The molecule has 5 atom stereocenters. The number of esters is 1. The summed E-state index contributed by atoms with van der Waals surface area (Å²) in [5.41, 5.74) is 2.25. The maximum absolute atomic E-state index is 12.6. The number of aliphatic hydroxyl groups excluding tert-OH is 1. The van der Waals surface area contributed by atoms with Gasteiger partial charge in [0.1, 0.15) is 12.5 Å². The molecule has 1 fully saturated rings. The van der Waals surface area contributed by atoms with Crippen LogP contribution in [0, 0.1) is 18.3 Å². The van der Waals surface area contributed by atoms with Crippen LogP contribution in [0.5, 0.6) is 5.75 Å². The highest BCUT2D eigenvalue weighted by Gasteiger charge is 2.60. The molecule has 0 aliphatic heterocycles. The minimum absolute atomic E-state index is 0.0473. The number of ether oxygens (including phenoxy) is 4. The molecule has 144 valence electrons. The average molecular weight is 364 g/mol. The SMILES string of the molecule is COCO[C@H]1CC[C@@]2(C)[C@H](C(=O)OC)C(O)c3c(OC)cc(C)cc3[C@H]12. The normalized spacial score (nSPS) is 32.7. The number of hydrogen-bond donors (Lipinski definition) is 1. The summed E-state index contributed by atoms with van der Waals surface area (Å²) < 4.78 is 21.7. The zero-order chi connectivity index (χ0) is 19.1. The molecular weight excluding hydrogens is 336 g/mol. The molecular formula is C20H28O6. The topological polar surface area (TPSA) is 74.2 Å². The third-order valence-electron chi connectivity index (χ3n) is 6.10. The molecule has 0 radical (unpaired) electrons. The Morgan fingerprint density at radius 3 is 2.65 bits per heavy atom. The van der Waals surface area contributed by atoms with E-state index < -0.39 is 23.4 Å². The van der Waals surface area contributed by atoms with Gasteiger partial charge in [0.05, 0.1) is 32.3 Å². The van der Waals surface area contributed by atoms with Crippen LogP contribution in [0.4, 0.5) is 0 Å². The Morgan fingerprint density at radius 1 is 1.31 bits per heavy atom. The van der Waals surface area contributed by atoms with Crippen molar-refractivity contribution in [1.82, 2.24) is 0 Å². The van der Waals surface area contributed by atoms with Crippen molar-refractivity contribution in [3.63, 3.8) is 0 Å². The minimum atomic E-state index is -0.976. The molecule has 1 aromatic carbocycles. The summed E-state index contributed by atoms with van der Waals surface area (Å²) in [5, 5.41) is 11.2. The number of rotatable bonds is 5. The molecule has 0 spiro atoms. The van der Waals surface area contributed by atoms with E-state index in [1.54, 1.807) is 14.2 Å². The summed E-state index contributed by atoms with van der Waals surface area (Å²) in [4.78, 5) is 12.6. The van der Waals surface area contributed by atoms with Gasteiger partial charge in [-0.1, -0.05) is 13.0 Å². The van der Waals surface area contributed by atoms with Crippen molar-refractivity contribution in [3.05, 3.63) is 28.8 Å². The van der Waals surface area contributed by atoms with Crippen molar-refractivity contribution in [2.45, 2.75) is 44.8 Å². The Bertz CT molecular complexity index is 687. The smallest absolute Gasteiger partial charge is 0.312 e. The van der Waals surface area contributed by atoms with Crippen LogP contribution in [-0.4, -0.2) is 45.3 Å². The second kappa shape index (κ2) is 7.18. The van der Waals surface area contributed by atoms with Crippen LogP contribution in [-0.2, 0) is 19.0 Å². The van der Waals surface area contributed by atoms with Gasteiger partial charge in [0.25, 0.3) is 0 Å². The quantitative estimate of drug-likeness (QED) is 0.640. The van der Waals surface area contributed by atoms with Gasteiger partial charge in [-0.15, -0.1) is 0 Å². The number of methoxy groups -OCH3 is 3. The number of benzene rings is 1. The molecule has 1 unspecified atom stereocenters. The number of carbonyl (C=O) groups excluding carboxylic acids is 1. The molecule has 6 heteroatoms. The number of hydrogen-bond acceptors (Lipinski definition) is 6. The van der Waals surface area contributed by atoms with E-state index in [1.807, 2.05) is 13.0 Å². The van der Waals surface area contributed by atoms with E-state index in [0.29, 0.717) is 11.3 Å². The van der Waals surface area contributed by atoms with E-state index >= 15 is 0 Å². The van der Waals surface area contributed by atoms with Crippen molar-refractivity contribution in [2.75, 3.05) is 28.1 Å². The summed E-state index contributed by atoms with van der Waals surface area (Å²) in [6, 6.07) is 3.96. The van der Waals surface area contributed by atoms with Crippen molar-refractivity contribution in [2.24, 2.45) is 11.3 Å². The molecule has 0 saturated heterocycles. The summed E-state index contributed by atoms with van der Waals surface area (Å²) in [7, 11) is 4.54. The first-order valence-corrected chi connectivity index (χ1v) is 8.93. The van der Waals surface area contributed by atoms with E-state index in [1.165, 1.54) is 7.11 Å². The fraction of sp³-hybridized carbons (Fsp3) is 0.650. The van der Waals surface area contributed by atoms with E-state index in [2.05, 4.69) is 13.0 Å². The third kappa shape index (κ3) is 2.80. The summed E-state index contributed by atoms with van der Waals surface area (Å²) >= 11 is 0. The van der Waals surface area contributed by atoms with Gasteiger partial charge in [0.15, 0.2) is 0 Å². The zero-order valence-electron chi connectivity index (χ0n) is 16.1. The lowest BCUT2D eigenvalue weighted by molar-refractivity contribution is -0.160. The molecule has 0 bridgehead atoms. The van der Waals surface area contributed by atoms with Crippen LogP contribution in [0.1, 0.15) is 48.5 Å². The highest BCUT2D eigenvalue weighted by Crippen LogP contribution is 2.63. The monoisotopic (exact) mass is 364 g/mol. The molecule has 1 N–H and O–H groups in total. The standard InChI is InChI=1S/C20H28O6/c1-11-8-12-15(14(9-11)24-4)18(21)17(19(22)25-5)20(2)7-6-13(16(12)20)26-10-23-3/h8-9,13,16-18,21H,6-7,10H2,1-5H3/t13-,16+,17-,18?,20+/m0/s1. The first kappa shape index (κ1) is 19.1. The van der Waals surface area contributed by atoms with E-state index in [0.717, 1.165) is 24.0 Å². The fourth-order valence-electron chi connectivity index (χ4n) is 5.03. The van der Waals surface area contributed by atoms with Gasteiger partial charge >= 0.3 is 5.97 Å². The summed E-state index contributed by atoms with van der Waals surface area (Å²) in [5.74, 6) is -0.516. The molecule has 3 rings (SSSR count). The van der Waals surface area contributed by atoms with Crippen LogP contribution in [0.15, 0.2) is 12.1 Å². The molecule has 2 aliphatic rings. The van der Waals surface area contributed by atoms with Crippen molar-refractivity contribution < 1.29 is 28.8 Å². The second-order valence-corrected chi connectivity index (χ2v) is 7.55. The molecule has 0 heterocycles. The molecule has 0 aromatic heterocycles. The lowest BCUT2D eigenvalue weighted by Gasteiger charge is -2.47. The number of carbonyl (C=O) groups is 1. The predicted molar refractivity (Wildman–Crippen MR) is 95.0 cm³/mol. The van der Waals surface area contributed by atoms with Crippen LogP contribution < -0.4 is 4.74 Å². The maximum Gasteiger partial charge on any atom is 0.312 e. The van der Waals surface area contributed by atoms with E-state index in [4.69, 9.17) is 18.9 Å². The minimum Gasteiger partial charge on any atom is -0.496 e. The Morgan fingerprint density at radius 2 is 2.04 bits per heavy atom. The molecule has 2 aliphatic carbocycles. The van der Waals surface area contributed by atoms with Crippen molar-refractivity contribution >= 4 is 5.97 Å². The Balaban J connectivity index is 2.20. The predicted octanol–water partition coefficient (Wildman–Crippen LogP) is 2.71. The summed E-state index contributed by atoms with van der Waals surface area (Å²) in [6.07, 6.45) is 0.485. The lowest BCUT2D eigenvalue weighted by atomic mass is 9.59. The average Bonchev–Trinajstić information content (AvgIpc) is 2.95. The second-order valence-electron chi connectivity index (χ2n) is 7.55. The zero-order valence-corrected chi connectivity index (χ0v) is 16.1. The third-order valence-corrected chi connectivity index (χ3v) is 6.10. The van der Waals surface area contributed by atoms with Crippen LogP contribution >= 0.6 is 0 Å². The van der Waals surface area contributed by atoms with Gasteiger partial charge in [-0.2, -0.15) is 0 Å². The Kier molecular flexibility index (Phi) is 5.28. The molecule has 26 heavy (non-hydrogen) atoms. The highest BCUT2D eigenvalue weighted by atomic mass is 16.7. The van der Waals surface area contributed by atoms with Gasteiger partial charge in [0.2, 0.25) is 0 Å². The van der Waals surface area contributed by atoms with Crippen molar-refractivity contribution in [3.8, 4) is 5.75 Å².